The highest BCUT2D eigenvalue weighted by Crippen LogP contribution is 2.12. The second-order valence-corrected chi connectivity index (χ2v) is 3.15. The monoisotopic (exact) mass is 189 g/mol. The molecule has 2 aromatic heterocycles. The summed E-state index contributed by atoms with van der Waals surface area (Å²) in [4.78, 5) is 12.3. The van der Waals surface area contributed by atoms with E-state index in [1.807, 2.05) is 12.1 Å². The predicted molar refractivity (Wildman–Crippen MR) is 54.6 cm³/mol. The van der Waals surface area contributed by atoms with Gasteiger partial charge in [0.1, 0.15) is 0 Å². The Balaban J connectivity index is 2.42. The Bertz CT molecular complexity index is 385. The summed E-state index contributed by atoms with van der Waals surface area (Å²) in [6.07, 6.45) is 6.83. The normalized spacial score (nSPS) is 9.92. The molecule has 0 radical (unpaired) electrons. The first-order chi connectivity index (χ1) is 6.36. The maximum absolute atomic E-state index is 4.17. The van der Waals surface area contributed by atoms with E-state index in [1.165, 1.54) is 0 Å². The second-order valence-electron chi connectivity index (χ2n) is 2.56. The van der Waals surface area contributed by atoms with Crippen molar-refractivity contribution in [2.24, 2.45) is 0 Å². The van der Waals surface area contributed by atoms with Crippen LogP contribution in [0.25, 0.3) is 11.3 Å². The Morgan fingerprint density at radius 2 is 1.92 bits per heavy atom. The van der Waals surface area contributed by atoms with Gasteiger partial charge in [0.2, 0.25) is 0 Å². The minimum atomic E-state index is 0.847. The molecule has 0 spiro atoms. The molecule has 0 bridgehead atoms. The lowest BCUT2D eigenvalue weighted by Gasteiger charge is -1.98. The first-order valence-electron chi connectivity index (χ1n) is 3.84. The van der Waals surface area contributed by atoms with E-state index in [0.29, 0.717) is 0 Å². The fourth-order valence-corrected chi connectivity index (χ4v) is 1.18. The highest BCUT2D eigenvalue weighted by atomic mass is 31.0. The van der Waals surface area contributed by atoms with Crippen molar-refractivity contribution in [3.8, 4) is 11.3 Å². The molecule has 0 aliphatic heterocycles. The van der Waals surface area contributed by atoms with E-state index in [1.54, 1.807) is 24.8 Å². The van der Waals surface area contributed by atoms with Gasteiger partial charge in [-0.25, -0.2) is 0 Å². The van der Waals surface area contributed by atoms with Crippen LogP contribution in [0.1, 0.15) is 0 Å². The molecule has 1 unspecified atom stereocenters. The second kappa shape index (κ2) is 3.58. The van der Waals surface area contributed by atoms with Gasteiger partial charge >= 0.3 is 0 Å². The zero-order chi connectivity index (χ0) is 9.10. The van der Waals surface area contributed by atoms with Gasteiger partial charge in [-0.3, -0.25) is 15.0 Å². The molecule has 2 heterocycles. The molecule has 0 N–H and O–H groups in total. The summed E-state index contributed by atoms with van der Waals surface area (Å²) in [5, 5.41) is 0. The van der Waals surface area contributed by atoms with Gasteiger partial charge in [-0.05, 0) is 12.1 Å². The summed E-state index contributed by atoms with van der Waals surface area (Å²) in [7, 11) is 2.54. The van der Waals surface area contributed by atoms with Gasteiger partial charge in [0.15, 0.2) is 0 Å². The maximum Gasteiger partial charge on any atom is 0.0900 e. The van der Waals surface area contributed by atoms with Crippen molar-refractivity contribution >= 4 is 14.7 Å². The van der Waals surface area contributed by atoms with Gasteiger partial charge in [0, 0.05) is 24.2 Å². The Kier molecular flexibility index (Phi) is 2.28. The van der Waals surface area contributed by atoms with Gasteiger partial charge in [-0.1, -0.05) is 9.24 Å². The molecule has 0 aliphatic carbocycles. The summed E-state index contributed by atoms with van der Waals surface area (Å²) >= 11 is 0. The fraction of sp³-hybridized carbons (Fsp3) is 0. The SMILES string of the molecule is Pc1ccc(-c2cnccn2)cn1. The summed E-state index contributed by atoms with van der Waals surface area (Å²) in [5.41, 5.74) is 2.76. The van der Waals surface area contributed by atoms with Crippen molar-refractivity contribution < 1.29 is 0 Å². The Hall–Kier alpha value is -1.34. The van der Waals surface area contributed by atoms with E-state index in [9.17, 15) is 0 Å². The zero-order valence-electron chi connectivity index (χ0n) is 6.88. The van der Waals surface area contributed by atoms with Gasteiger partial charge < -0.3 is 0 Å². The molecule has 0 aliphatic rings. The van der Waals surface area contributed by atoms with Gasteiger partial charge in [-0.2, -0.15) is 0 Å². The molecular weight excluding hydrogens is 181 g/mol. The van der Waals surface area contributed by atoms with Crippen LogP contribution in [0.4, 0.5) is 0 Å². The van der Waals surface area contributed by atoms with Crippen LogP contribution in [-0.2, 0) is 0 Å². The number of nitrogens with zero attached hydrogens (tertiary/aromatic N) is 3. The number of hydrogen-bond acceptors (Lipinski definition) is 3. The van der Waals surface area contributed by atoms with E-state index in [2.05, 4.69) is 24.2 Å². The molecule has 64 valence electrons. The summed E-state index contributed by atoms with van der Waals surface area (Å²) in [6, 6.07) is 3.90. The fourth-order valence-electron chi connectivity index (χ4n) is 1.00. The molecule has 13 heavy (non-hydrogen) atoms. The minimum Gasteiger partial charge on any atom is -0.261 e. The number of hydrogen-bond donors (Lipinski definition) is 0. The topological polar surface area (TPSA) is 38.7 Å². The molecule has 0 fully saturated rings. The highest BCUT2D eigenvalue weighted by Gasteiger charge is 1.97. The van der Waals surface area contributed by atoms with Crippen molar-refractivity contribution in [3.63, 3.8) is 0 Å². The van der Waals surface area contributed by atoms with Crippen molar-refractivity contribution in [2.45, 2.75) is 0 Å². The smallest absolute Gasteiger partial charge is 0.0900 e. The summed E-state index contributed by atoms with van der Waals surface area (Å²) < 4.78 is 0. The molecule has 1 atom stereocenters. The third-order valence-electron chi connectivity index (χ3n) is 1.65. The average Bonchev–Trinajstić information content (AvgIpc) is 2.20. The molecule has 0 amide bonds. The number of pyridine rings is 1. The lowest BCUT2D eigenvalue weighted by atomic mass is 10.2. The summed E-state index contributed by atoms with van der Waals surface area (Å²) in [6.45, 7) is 0. The van der Waals surface area contributed by atoms with E-state index in [4.69, 9.17) is 0 Å². The number of aromatic nitrogens is 3. The average molecular weight is 189 g/mol. The van der Waals surface area contributed by atoms with Crippen LogP contribution in [0.2, 0.25) is 0 Å². The Morgan fingerprint density at radius 3 is 2.54 bits per heavy atom. The summed E-state index contributed by atoms with van der Waals surface area (Å²) in [5.74, 6) is 0. The third kappa shape index (κ3) is 1.87. The number of rotatable bonds is 1. The largest absolute Gasteiger partial charge is 0.261 e. The molecule has 0 aromatic carbocycles. The third-order valence-corrected chi connectivity index (χ3v) is 1.99. The molecule has 2 rings (SSSR count). The molecule has 0 saturated heterocycles. The van der Waals surface area contributed by atoms with Gasteiger partial charge in [0.05, 0.1) is 17.3 Å². The van der Waals surface area contributed by atoms with E-state index in [0.717, 1.165) is 16.7 Å². The first kappa shape index (κ1) is 8.27. The Morgan fingerprint density at radius 1 is 1.00 bits per heavy atom. The molecule has 3 nitrogen and oxygen atoms in total. The molecule has 2 aromatic rings. The van der Waals surface area contributed by atoms with Crippen LogP contribution >= 0.6 is 9.24 Å². The predicted octanol–water partition coefficient (Wildman–Crippen LogP) is 1.04. The van der Waals surface area contributed by atoms with Crippen molar-refractivity contribution in [1.82, 2.24) is 15.0 Å². The highest BCUT2D eigenvalue weighted by molar-refractivity contribution is 7.26. The van der Waals surface area contributed by atoms with E-state index < -0.39 is 0 Å². The lowest BCUT2D eigenvalue weighted by molar-refractivity contribution is 1.20. The van der Waals surface area contributed by atoms with Crippen LogP contribution in [0, 0.1) is 0 Å². The zero-order valence-corrected chi connectivity index (χ0v) is 8.04. The van der Waals surface area contributed by atoms with E-state index >= 15 is 0 Å². The quantitative estimate of drug-likeness (QED) is 0.629. The van der Waals surface area contributed by atoms with Gasteiger partial charge in [-0.15, -0.1) is 0 Å². The van der Waals surface area contributed by atoms with E-state index in [-0.39, 0.29) is 0 Å². The molecular formula is C9H8N3P. The first-order valence-corrected chi connectivity index (χ1v) is 4.42. The van der Waals surface area contributed by atoms with Crippen LogP contribution in [0.15, 0.2) is 36.9 Å². The van der Waals surface area contributed by atoms with Crippen molar-refractivity contribution in [2.75, 3.05) is 0 Å². The van der Waals surface area contributed by atoms with Crippen LogP contribution in [0.5, 0.6) is 0 Å². The van der Waals surface area contributed by atoms with Crippen LogP contribution < -0.4 is 5.44 Å². The van der Waals surface area contributed by atoms with Gasteiger partial charge in [0.25, 0.3) is 0 Å². The lowest BCUT2D eigenvalue weighted by Crippen LogP contribution is -1.96. The molecule has 4 heteroatoms. The van der Waals surface area contributed by atoms with Crippen molar-refractivity contribution in [3.05, 3.63) is 36.9 Å². The Labute approximate surface area is 78.5 Å². The van der Waals surface area contributed by atoms with Crippen LogP contribution in [0.3, 0.4) is 0 Å². The van der Waals surface area contributed by atoms with Crippen molar-refractivity contribution in [1.29, 1.82) is 0 Å². The maximum atomic E-state index is 4.17. The minimum absolute atomic E-state index is 0.847. The standard InChI is InChI=1S/C9H8N3P/c13-9-2-1-7(5-12-9)8-6-10-3-4-11-8/h1-6H,13H2. The molecule has 0 saturated carbocycles. The van der Waals surface area contributed by atoms with Crippen LogP contribution in [-0.4, -0.2) is 15.0 Å².